The molecular formula is C16H18N2O4. The van der Waals surface area contributed by atoms with Crippen molar-refractivity contribution in [2.24, 2.45) is 4.99 Å². The number of phenolic OH excluding ortho intramolecular Hbond substituents is 1. The minimum absolute atomic E-state index is 0.0384. The number of aliphatic imine (C=N–C) groups is 1. The Hall–Kier alpha value is -2.37. The van der Waals surface area contributed by atoms with E-state index in [1.807, 2.05) is 13.8 Å². The monoisotopic (exact) mass is 302 g/mol. The first kappa shape index (κ1) is 14.6. The van der Waals surface area contributed by atoms with E-state index in [0.717, 1.165) is 42.4 Å². The van der Waals surface area contributed by atoms with E-state index in [9.17, 15) is 15.2 Å². The molecule has 6 nitrogen and oxygen atoms in total. The molecule has 0 aliphatic heterocycles. The van der Waals surface area contributed by atoms with Crippen LogP contribution in [0, 0.1) is 10.1 Å². The number of rotatable bonds is 3. The molecule has 1 N–H and O–H groups in total. The van der Waals surface area contributed by atoms with E-state index in [2.05, 4.69) is 4.99 Å². The topological polar surface area (TPSA) is 88.9 Å². The molecule has 1 aliphatic carbocycles. The number of fused-ring (bicyclic) bond motifs is 3. The van der Waals surface area contributed by atoms with Crippen molar-refractivity contribution in [1.82, 2.24) is 0 Å². The third kappa shape index (κ3) is 2.34. The second-order valence-electron chi connectivity index (χ2n) is 5.87. The van der Waals surface area contributed by atoms with E-state index >= 15 is 0 Å². The standard InChI is InChI=1S/C16H18N2O4/c1-9(2)17-8-11-15-10-5-3-4-6-13(10)22-14(15)7-12(16(11)19)18(20)21/h7-9,19H,3-6H2,1-2H3. The van der Waals surface area contributed by atoms with E-state index in [0.29, 0.717) is 11.1 Å². The molecule has 1 aromatic carbocycles. The van der Waals surface area contributed by atoms with Gasteiger partial charge in [-0.05, 0) is 33.1 Å². The highest BCUT2D eigenvalue weighted by Crippen LogP contribution is 2.41. The summed E-state index contributed by atoms with van der Waals surface area (Å²) in [5.41, 5.74) is 1.56. The van der Waals surface area contributed by atoms with Crippen LogP contribution in [0.25, 0.3) is 11.0 Å². The lowest BCUT2D eigenvalue weighted by Gasteiger charge is -2.10. The fourth-order valence-corrected chi connectivity index (χ4v) is 2.92. The molecule has 0 fully saturated rings. The van der Waals surface area contributed by atoms with Crippen LogP contribution in [-0.4, -0.2) is 22.3 Å². The quantitative estimate of drug-likeness (QED) is 0.531. The summed E-state index contributed by atoms with van der Waals surface area (Å²) in [4.78, 5) is 14.8. The Kier molecular flexibility index (Phi) is 3.60. The first-order valence-electron chi connectivity index (χ1n) is 7.46. The molecule has 0 spiro atoms. The van der Waals surface area contributed by atoms with Gasteiger partial charge in [0.25, 0.3) is 0 Å². The predicted molar refractivity (Wildman–Crippen MR) is 83.9 cm³/mol. The largest absolute Gasteiger partial charge is 0.502 e. The third-order valence-electron chi connectivity index (χ3n) is 3.93. The molecule has 1 aliphatic rings. The average molecular weight is 302 g/mol. The van der Waals surface area contributed by atoms with Gasteiger partial charge in [-0.1, -0.05) is 0 Å². The third-order valence-corrected chi connectivity index (χ3v) is 3.93. The normalized spacial score (nSPS) is 14.9. The molecule has 0 bridgehead atoms. The lowest BCUT2D eigenvalue weighted by atomic mass is 9.93. The fraction of sp³-hybridized carbons (Fsp3) is 0.438. The van der Waals surface area contributed by atoms with Crippen LogP contribution in [0.4, 0.5) is 5.69 Å². The van der Waals surface area contributed by atoms with Crippen molar-refractivity contribution in [2.75, 3.05) is 0 Å². The highest BCUT2D eigenvalue weighted by atomic mass is 16.6. The first-order chi connectivity index (χ1) is 10.5. The van der Waals surface area contributed by atoms with Crippen molar-refractivity contribution >= 4 is 22.9 Å². The number of furan rings is 1. The van der Waals surface area contributed by atoms with E-state index in [-0.39, 0.29) is 17.5 Å². The Morgan fingerprint density at radius 1 is 1.41 bits per heavy atom. The van der Waals surface area contributed by atoms with Gasteiger partial charge in [0.2, 0.25) is 5.75 Å². The number of nitro groups is 1. The zero-order chi connectivity index (χ0) is 15.9. The number of benzene rings is 1. The van der Waals surface area contributed by atoms with Gasteiger partial charge in [0.1, 0.15) is 11.3 Å². The molecule has 0 amide bonds. The number of hydrogen-bond donors (Lipinski definition) is 1. The Morgan fingerprint density at radius 2 is 2.14 bits per heavy atom. The zero-order valence-electron chi connectivity index (χ0n) is 12.6. The van der Waals surface area contributed by atoms with Crippen molar-refractivity contribution in [2.45, 2.75) is 45.6 Å². The molecule has 6 heteroatoms. The molecule has 116 valence electrons. The van der Waals surface area contributed by atoms with Gasteiger partial charge in [-0.15, -0.1) is 0 Å². The van der Waals surface area contributed by atoms with Crippen LogP contribution in [0.3, 0.4) is 0 Å². The van der Waals surface area contributed by atoms with Crippen LogP contribution in [0.5, 0.6) is 5.75 Å². The molecule has 3 rings (SSSR count). The summed E-state index contributed by atoms with van der Waals surface area (Å²) in [7, 11) is 0. The summed E-state index contributed by atoms with van der Waals surface area (Å²) in [5.74, 6) is 0.538. The minimum Gasteiger partial charge on any atom is -0.502 e. The first-order valence-corrected chi connectivity index (χ1v) is 7.46. The van der Waals surface area contributed by atoms with Crippen LogP contribution in [0.15, 0.2) is 15.5 Å². The smallest absolute Gasteiger partial charge is 0.315 e. The SMILES string of the molecule is CC(C)N=Cc1c(O)c([N+](=O)[O-])cc2oc3c(c12)CCCC3. The Morgan fingerprint density at radius 3 is 2.82 bits per heavy atom. The van der Waals surface area contributed by atoms with Crippen LogP contribution in [-0.2, 0) is 12.8 Å². The minimum atomic E-state index is -0.594. The van der Waals surface area contributed by atoms with Crippen LogP contribution in [0.1, 0.15) is 43.6 Å². The molecule has 1 aromatic heterocycles. The molecule has 2 aromatic rings. The maximum Gasteiger partial charge on any atom is 0.315 e. The number of aryl methyl sites for hydroxylation is 2. The van der Waals surface area contributed by atoms with Gasteiger partial charge in [0.05, 0.1) is 16.6 Å². The summed E-state index contributed by atoms with van der Waals surface area (Å²) >= 11 is 0. The van der Waals surface area contributed by atoms with Gasteiger partial charge in [-0.2, -0.15) is 0 Å². The zero-order valence-corrected chi connectivity index (χ0v) is 12.6. The summed E-state index contributed by atoms with van der Waals surface area (Å²) in [5, 5.41) is 22.2. The number of nitrogens with zero attached hydrogens (tertiary/aromatic N) is 2. The molecule has 1 heterocycles. The number of aromatic hydroxyl groups is 1. The molecule has 0 saturated heterocycles. The van der Waals surface area contributed by atoms with Crippen LogP contribution < -0.4 is 0 Å². The fourth-order valence-electron chi connectivity index (χ4n) is 2.92. The molecule has 0 atom stereocenters. The van der Waals surface area contributed by atoms with E-state index in [4.69, 9.17) is 4.42 Å². The van der Waals surface area contributed by atoms with Gasteiger partial charge in [-0.25, -0.2) is 0 Å². The Balaban J connectivity index is 2.33. The number of phenols is 1. The highest BCUT2D eigenvalue weighted by molar-refractivity contribution is 6.05. The summed E-state index contributed by atoms with van der Waals surface area (Å²) in [6.45, 7) is 3.82. The van der Waals surface area contributed by atoms with Gasteiger partial charge < -0.3 is 9.52 Å². The van der Waals surface area contributed by atoms with Crippen molar-refractivity contribution in [3.8, 4) is 5.75 Å². The molecule has 0 unspecified atom stereocenters. The second kappa shape index (κ2) is 5.44. The van der Waals surface area contributed by atoms with Gasteiger partial charge in [-0.3, -0.25) is 15.1 Å². The molecular weight excluding hydrogens is 284 g/mol. The highest BCUT2D eigenvalue weighted by Gasteiger charge is 2.27. The van der Waals surface area contributed by atoms with Gasteiger partial charge in [0.15, 0.2) is 0 Å². The van der Waals surface area contributed by atoms with E-state index in [1.165, 1.54) is 12.3 Å². The lowest BCUT2D eigenvalue weighted by molar-refractivity contribution is -0.385. The Bertz CT molecular complexity index is 774. The van der Waals surface area contributed by atoms with Gasteiger partial charge >= 0.3 is 5.69 Å². The number of nitro benzene ring substituents is 1. The van der Waals surface area contributed by atoms with Crippen LogP contribution >= 0.6 is 0 Å². The molecule has 0 saturated carbocycles. The summed E-state index contributed by atoms with van der Waals surface area (Å²) < 4.78 is 5.81. The molecule has 22 heavy (non-hydrogen) atoms. The predicted octanol–water partition coefficient (Wildman–Crippen LogP) is 3.75. The maximum atomic E-state index is 11.2. The van der Waals surface area contributed by atoms with Crippen molar-refractivity contribution in [3.05, 3.63) is 33.1 Å². The summed E-state index contributed by atoms with van der Waals surface area (Å²) in [6.07, 6.45) is 5.33. The van der Waals surface area contributed by atoms with E-state index in [1.54, 1.807) is 0 Å². The summed E-state index contributed by atoms with van der Waals surface area (Å²) in [6, 6.07) is 1.35. The maximum absolute atomic E-state index is 11.2. The number of hydrogen-bond acceptors (Lipinski definition) is 5. The molecule has 0 radical (unpaired) electrons. The van der Waals surface area contributed by atoms with Crippen LogP contribution in [0.2, 0.25) is 0 Å². The van der Waals surface area contributed by atoms with E-state index < -0.39 is 4.92 Å². The van der Waals surface area contributed by atoms with Gasteiger partial charge in [0, 0.05) is 29.6 Å². The van der Waals surface area contributed by atoms with Crippen molar-refractivity contribution < 1.29 is 14.4 Å². The second-order valence-corrected chi connectivity index (χ2v) is 5.87. The average Bonchev–Trinajstić information content (AvgIpc) is 2.83. The van der Waals surface area contributed by atoms with Crippen molar-refractivity contribution in [3.63, 3.8) is 0 Å². The Labute approximate surface area is 127 Å². The van der Waals surface area contributed by atoms with Crippen molar-refractivity contribution in [1.29, 1.82) is 0 Å². The lowest BCUT2D eigenvalue weighted by Crippen LogP contribution is -2.01.